The van der Waals surface area contributed by atoms with Crippen molar-refractivity contribution in [3.8, 4) is 0 Å². The average Bonchev–Trinajstić information content (AvgIpc) is 2.67. The number of rotatable bonds is 6. The summed E-state index contributed by atoms with van der Waals surface area (Å²) < 4.78 is 0. The maximum absolute atomic E-state index is 13.0. The molecule has 0 saturated carbocycles. The minimum absolute atomic E-state index is 0.245. The number of carbonyl (C=O) groups is 1. The molecule has 1 amide bonds. The highest BCUT2D eigenvalue weighted by atomic mass is 16.1. The number of carbonyl (C=O) groups excluding carboxylic acids is 1. The molecule has 0 fully saturated rings. The number of fused-ring (bicyclic) bond motifs is 1. The zero-order valence-electron chi connectivity index (χ0n) is 15.5. The van der Waals surface area contributed by atoms with E-state index in [1.807, 2.05) is 49.4 Å². The van der Waals surface area contributed by atoms with Crippen LogP contribution in [0.2, 0.25) is 0 Å². The Bertz CT molecular complexity index is 936. The smallest absolute Gasteiger partial charge is 0.278 e. The molecule has 0 aliphatic carbocycles. The van der Waals surface area contributed by atoms with E-state index in [2.05, 4.69) is 34.4 Å². The van der Waals surface area contributed by atoms with Gasteiger partial charge in [0.25, 0.3) is 5.91 Å². The molecule has 0 unspecified atom stereocenters. The van der Waals surface area contributed by atoms with Gasteiger partial charge < -0.3 is 10.6 Å². The lowest BCUT2D eigenvalue weighted by Crippen LogP contribution is -2.19. The maximum Gasteiger partial charge on any atom is 0.278 e. The number of benzene rings is 2. The summed E-state index contributed by atoms with van der Waals surface area (Å²) in [6, 6.07) is 13.6. The second-order valence-corrected chi connectivity index (χ2v) is 6.25. The van der Waals surface area contributed by atoms with Crippen LogP contribution in [0.15, 0.2) is 42.5 Å². The fourth-order valence-corrected chi connectivity index (χ4v) is 2.90. The number of para-hydroxylation sites is 3. The summed E-state index contributed by atoms with van der Waals surface area (Å²) in [5.74, 6) is 0.278. The number of nitrogens with one attached hydrogen (secondary N) is 2. The first-order chi connectivity index (χ1) is 12.6. The highest BCUT2D eigenvalue weighted by Crippen LogP contribution is 2.23. The Labute approximate surface area is 153 Å². The Morgan fingerprint density at radius 1 is 1.00 bits per heavy atom. The van der Waals surface area contributed by atoms with Crippen LogP contribution in [0, 0.1) is 6.92 Å². The Morgan fingerprint density at radius 2 is 1.73 bits per heavy atom. The van der Waals surface area contributed by atoms with E-state index < -0.39 is 0 Å². The van der Waals surface area contributed by atoms with Gasteiger partial charge in [0.15, 0.2) is 11.5 Å². The van der Waals surface area contributed by atoms with Gasteiger partial charge in [-0.3, -0.25) is 4.79 Å². The molecule has 0 radical (unpaired) electrons. The Hall–Kier alpha value is -2.95. The third-order valence-corrected chi connectivity index (χ3v) is 4.31. The molecular weight excluding hydrogens is 324 g/mol. The lowest BCUT2D eigenvalue weighted by atomic mass is 10.1. The van der Waals surface area contributed by atoms with Gasteiger partial charge in [0.2, 0.25) is 0 Å². The average molecular weight is 348 g/mol. The second kappa shape index (κ2) is 7.95. The summed E-state index contributed by atoms with van der Waals surface area (Å²) in [5.41, 5.74) is 4.80. The molecule has 0 spiro atoms. The molecule has 0 saturated heterocycles. The number of amides is 1. The molecule has 2 aromatic carbocycles. The lowest BCUT2D eigenvalue weighted by molar-refractivity contribution is 0.102. The minimum Gasteiger partial charge on any atom is -0.368 e. The van der Waals surface area contributed by atoms with Crippen molar-refractivity contribution in [2.45, 2.75) is 33.6 Å². The molecule has 1 heterocycles. The van der Waals surface area contributed by atoms with Crippen molar-refractivity contribution in [1.82, 2.24) is 9.97 Å². The van der Waals surface area contributed by atoms with E-state index in [-0.39, 0.29) is 5.91 Å². The molecule has 3 rings (SSSR count). The largest absolute Gasteiger partial charge is 0.368 e. The predicted octanol–water partition coefficient (Wildman–Crippen LogP) is 4.57. The first-order valence-corrected chi connectivity index (χ1v) is 9.04. The van der Waals surface area contributed by atoms with Crippen LogP contribution >= 0.6 is 0 Å². The van der Waals surface area contributed by atoms with E-state index in [4.69, 9.17) is 0 Å². The predicted molar refractivity (Wildman–Crippen MR) is 107 cm³/mol. The van der Waals surface area contributed by atoms with Crippen molar-refractivity contribution in [3.05, 3.63) is 59.3 Å². The zero-order valence-corrected chi connectivity index (χ0v) is 15.5. The quantitative estimate of drug-likeness (QED) is 0.684. The summed E-state index contributed by atoms with van der Waals surface area (Å²) in [7, 11) is 0. The van der Waals surface area contributed by atoms with Gasteiger partial charge >= 0.3 is 0 Å². The van der Waals surface area contributed by atoms with Gasteiger partial charge in [0.05, 0.1) is 11.0 Å². The molecule has 0 aliphatic rings. The van der Waals surface area contributed by atoms with E-state index >= 15 is 0 Å². The first-order valence-electron chi connectivity index (χ1n) is 9.04. The fraction of sp³-hybridized carbons (Fsp3) is 0.286. The topological polar surface area (TPSA) is 66.9 Å². The SMILES string of the molecule is CCCNc1nc2ccccc2nc1C(=O)Nc1c(C)cccc1CC. The summed E-state index contributed by atoms with van der Waals surface area (Å²) in [4.78, 5) is 22.2. The fourth-order valence-electron chi connectivity index (χ4n) is 2.90. The number of anilines is 2. The van der Waals surface area contributed by atoms with Gasteiger partial charge in [-0.1, -0.05) is 44.2 Å². The van der Waals surface area contributed by atoms with E-state index in [9.17, 15) is 4.79 Å². The van der Waals surface area contributed by atoms with E-state index in [0.717, 1.165) is 41.7 Å². The number of aromatic nitrogens is 2. The molecule has 1 aromatic heterocycles. The molecule has 3 aromatic rings. The van der Waals surface area contributed by atoms with Crippen LogP contribution in [0.1, 0.15) is 41.9 Å². The van der Waals surface area contributed by atoms with Crippen LogP contribution in [-0.4, -0.2) is 22.4 Å². The highest BCUT2D eigenvalue weighted by Gasteiger charge is 2.18. The van der Waals surface area contributed by atoms with Crippen molar-refractivity contribution in [2.24, 2.45) is 0 Å². The molecule has 26 heavy (non-hydrogen) atoms. The van der Waals surface area contributed by atoms with Crippen molar-refractivity contribution in [1.29, 1.82) is 0 Å². The molecule has 0 aliphatic heterocycles. The minimum atomic E-state index is -0.245. The van der Waals surface area contributed by atoms with Gasteiger partial charge in [-0.2, -0.15) is 0 Å². The molecule has 0 bridgehead atoms. The second-order valence-electron chi connectivity index (χ2n) is 6.25. The molecular formula is C21H24N4O. The highest BCUT2D eigenvalue weighted by molar-refractivity contribution is 6.07. The van der Waals surface area contributed by atoms with Crippen molar-refractivity contribution in [2.75, 3.05) is 17.2 Å². The standard InChI is InChI=1S/C21H24N4O/c1-4-13-22-20-19(23-16-11-6-7-12-17(16)24-20)21(26)25-18-14(3)9-8-10-15(18)5-2/h6-12H,4-5,13H2,1-3H3,(H,22,24)(H,25,26). The number of hydrogen-bond donors (Lipinski definition) is 2. The number of aryl methyl sites for hydroxylation is 2. The van der Waals surface area contributed by atoms with Crippen molar-refractivity contribution >= 4 is 28.4 Å². The van der Waals surface area contributed by atoms with Crippen LogP contribution in [0.25, 0.3) is 11.0 Å². The number of nitrogens with zero attached hydrogens (tertiary/aromatic N) is 2. The van der Waals surface area contributed by atoms with Crippen LogP contribution in [0.4, 0.5) is 11.5 Å². The van der Waals surface area contributed by atoms with Crippen molar-refractivity contribution in [3.63, 3.8) is 0 Å². The normalized spacial score (nSPS) is 10.7. The van der Waals surface area contributed by atoms with Gasteiger partial charge in [-0.25, -0.2) is 9.97 Å². The molecule has 2 N–H and O–H groups in total. The van der Waals surface area contributed by atoms with Crippen LogP contribution in [-0.2, 0) is 6.42 Å². The number of hydrogen-bond acceptors (Lipinski definition) is 4. The monoisotopic (exact) mass is 348 g/mol. The summed E-state index contributed by atoms with van der Waals surface area (Å²) in [6.45, 7) is 6.88. The molecule has 5 nitrogen and oxygen atoms in total. The van der Waals surface area contributed by atoms with Crippen LogP contribution in [0.5, 0.6) is 0 Å². The van der Waals surface area contributed by atoms with Crippen molar-refractivity contribution < 1.29 is 4.79 Å². The van der Waals surface area contributed by atoms with Crippen LogP contribution < -0.4 is 10.6 Å². The summed E-state index contributed by atoms with van der Waals surface area (Å²) >= 11 is 0. The van der Waals surface area contributed by atoms with Gasteiger partial charge in [-0.05, 0) is 43.0 Å². The van der Waals surface area contributed by atoms with E-state index in [1.165, 1.54) is 0 Å². The first kappa shape index (κ1) is 17.9. The Kier molecular flexibility index (Phi) is 5.46. The van der Waals surface area contributed by atoms with Crippen LogP contribution in [0.3, 0.4) is 0 Å². The molecule has 5 heteroatoms. The van der Waals surface area contributed by atoms with Gasteiger partial charge in [-0.15, -0.1) is 0 Å². The maximum atomic E-state index is 13.0. The lowest BCUT2D eigenvalue weighted by Gasteiger charge is -2.15. The zero-order chi connectivity index (χ0) is 18.5. The summed E-state index contributed by atoms with van der Waals surface area (Å²) in [5, 5.41) is 6.28. The summed E-state index contributed by atoms with van der Waals surface area (Å²) in [6.07, 6.45) is 1.79. The van der Waals surface area contributed by atoms with Gasteiger partial charge in [0, 0.05) is 12.2 Å². The third kappa shape index (κ3) is 3.67. The van der Waals surface area contributed by atoms with Gasteiger partial charge in [0.1, 0.15) is 0 Å². The third-order valence-electron chi connectivity index (χ3n) is 4.31. The molecule has 0 atom stereocenters. The Morgan fingerprint density at radius 3 is 2.42 bits per heavy atom. The Balaban J connectivity index is 2.01. The van der Waals surface area contributed by atoms with E-state index in [0.29, 0.717) is 17.0 Å². The molecule has 134 valence electrons. The van der Waals surface area contributed by atoms with E-state index in [1.54, 1.807) is 0 Å².